The first kappa shape index (κ1) is 17.7. The minimum absolute atomic E-state index is 0.320. The Morgan fingerprint density at radius 3 is 2.74 bits per heavy atom. The van der Waals surface area contributed by atoms with E-state index in [1.807, 2.05) is 0 Å². The first-order valence-corrected chi connectivity index (χ1v) is 8.75. The van der Waals surface area contributed by atoms with Crippen molar-refractivity contribution in [2.75, 3.05) is 19.5 Å². The summed E-state index contributed by atoms with van der Waals surface area (Å²) in [5.74, 6) is 0.683. The summed E-state index contributed by atoms with van der Waals surface area (Å²) < 4.78 is 11.1. The zero-order chi connectivity index (χ0) is 16.8. The summed E-state index contributed by atoms with van der Waals surface area (Å²) in [4.78, 5) is 12.5. The van der Waals surface area contributed by atoms with Gasteiger partial charge >= 0.3 is 0 Å². The molecule has 1 aromatic carbocycles. The van der Waals surface area contributed by atoms with Crippen LogP contribution in [-0.2, 0) is 6.42 Å². The maximum Gasteiger partial charge on any atom is 0.261 e. The molecule has 2 rings (SSSR count). The van der Waals surface area contributed by atoms with Crippen molar-refractivity contribution >= 4 is 38.3 Å². The number of methoxy groups -OCH3 is 2. The van der Waals surface area contributed by atoms with E-state index in [0.717, 1.165) is 24.3 Å². The van der Waals surface area contributed by atoms with Crippen LogP contribution in [0.4, 0.5) is 5.13 Å². The van der Waals surface area contributed by atoms with Gasteiger partial charge in [-0.15, -0.1) is 10.2 Å². The number of ether oxygens (including phenoxy) is 2. The number of nitrogens with one attached hydrogen (secondary N) is 1. The summed E-state index contributed by atoms with van der Waals surface area (Å²) >= 11 is 4.76. The Hall–Kier alpha value is -1.67. The van der Waals surface area contributed by atoms with Gasteiger partial charge in [-0.3, -0.25) is 10.1 Å². The molecule has 1 amide bonds. The molecule has 1 N–H and O–H groups in total. The molecule has 0 radical (unpaired) electrons. The molecule has 8 heteroatoms. The fourth-order valence-corrected chi connectivity index (χ4v) is 3.34. The molecule has 6 nitrogen and oxygen atoms in total. The lowest BCUT2D eigenvalue weighted by atomic mass is 10.1. The predicted octanol–water partition coefficient (Wildman–Crippen LogP) is 3.91. The standard InChI is InChI=1S/C15H18BrN3O3S/c1-4-5-6-12-18-19-15(23-12)17-14(20)10-7-9(21-2)8-11(16)13(10)22-3/h7-8H,4-6H2,1-3H3,(H,17,19,20). The van der Waals surface area contributed by atoms with Crippen LogP contribution in [0.3, 0.4) is 0 Å². The molecule has 0 bridgehead atoms. The number of benzene rings is 1. The summed E-state index contributed by atoms with van der Waals surface area (Å²) in [6.45, 7) is 2.12. The number of carbonyl (C=O) groups is 1. The lowest BCUT2D eigenvalue weighted by molar-refractivity contribution is 0.102. The van der Waals surface area contributed by atoms with Gasteiger partial charge in [0, 0.05) is 6.42 Å². The molecule has 0 saturated heterocycles. The normalized spacial score (nSPS) is 10.4. The number of amides is 1. The third-order valence-corrected chi connectivity index (χ3v) is 4.62. The number of hydrogen-bond acceptors (Lipinski definition) is 6. The third kappa shape index (κ3) is 4.42. The second-order valence-electron chi connectivity index (χ2n) is 4.75. The molecule has 1 aromatic heterocycles. The van der Waals surface area contributed by atoms with Gasteiger partial charge < -0.3 is 9.47 Å². The first-order valence-electron chi connectivity index (χ1n) is 7.14. The Morgan fingerprint density at radius 1 is 1.30 bits per heavy atom. The Bertz CT molecular complexity index is 691. The Balaban J connectivity index is 2.20. The molecule has 0 aliphatic carbocycles. The van der Waals surface area contributed by atoms with Crippen molar-refractivity contribution in [3.8, 4) is 11.5 Å². The van der Waals surface area contributed by atoms with Crippen molar-refractivity contribution in [2.45, 2.75) is 26.2 Å². The van der Waals surface area contributed by atoms with Crippen LogP contribution in [0.25, 0.3) is 0 Å². The Morgan fingerprint density at radius 2 is 2.09 bits per heavy atom. The van der Waals surface area contributed by atoms with E-state index in [1.54, 1.807) is 19.2 Å². The smallest absolute Gasteiger partial charge is 0.261 e. The molecular formula is C15H18BrN3O3S. The van der Waals surface area contributed by atoms with Crippen molar-refractivity contribution < 1.29 is 14.3 Å². The van der Waals surface area contributed by atoms with Gasteiger partial charge in [0.1, 0.15) is 16.5 Å². The van der Waals surface area contributed by atoms with Crippen molar-refractivity contribution in [3.63, 3.8) is 0 Å². The molecule has 124 valence electrons. The topological polar surface area (TPSA) is 73.3 Å². The SMILES string of the molecule is CCCCc1nnc(NC(=O)c2cc(OC)cc(Br)c2OC)s1. The third-order valence-electron chi connectivity index (χ3n) is 3.13. The van der Waals surface area contributed by atoms with Gasteiger partial charge in [0.25, 0.3) is 5.91 Å². The molecule has 0 fully saturated rings. The van der Waals surface area contributed by atoms with Crippen LogP contribution in [-0.4, -0.2) is 30.3 Å². The molecule has 1 heterocycles. The Labute approximate surface area is 147 Å². The lowest BCUT2D eigenvalue weighted by Gasteiger charge is -2.11. The minimum atomic E-state index is -0.320. The summed E-state index contributed by atoms with van der Waals surface area (Å²) in [5, 5.41) is 12.2. The maximum atomic E-state index is 12.5. The lowest BCUT2D eigenvalue weighted by Crippen LogP contribution is -2.13. The molecule has 23 heavy (non-hydrogen) atoms. The van der Waals surface area contributed by atoms with Gasteiger partial charge in [-0.25, -0.2) is 0 Å². The van der Waals surface area contributed by atoms with Crippen molar-refractivity contribution in [1.29, 1.82) is 0 Å². The van der Waals surface area contributed by atoms with Crippen LogP contribution < -0.4 is 14.8 Å². The van der Waals surface area contributed by atoms with Crippen LogP contribution in [0.1, 0.15) is 35.1 Å². The van der Waals surface area contributed by atoms with Gasteiger partial charge in [-0.1, -0.05) is 24.7 Å². The predicted molar refractivity (Wildman–Crippen MR) is 93.7 cm³/mol. The second kappa shape index (κ2) is 8.26. The van der Waals surface area contributed by atoms with Crippen LogP contribution >= 0.6 is 27.3 Å². The molecule has 0 spiro atoms. The highest BCUT2D eigenvalue weighted by Gasteiger charge is 2.18. The summed E-state index contributed by atoms with van der Waals surface area (Å²) in [6, 6.07) is 3.36. The number of aromatic nitrogens is 2. The van der Waals surface area contributed by atoms with E-state index in [-0.39, 0.29) is 5.91 Å². The van der Waals surface area contributed by atoms with E-state index >= 15 is 0 Å². The van der Waals surface area contributed by atoms with Gasteiger partial charge in [0.15, 0.2) is 0 Å². The number of nitrogens with zero attached hydrogens (tertiary/aromatic N) is 2. The fourth-order valence-electron chi connectivity index (χ4n) is 1.96. The molecule has 0 unspecified atom stereocenters. The van der Waals surface area contributed by atoms with E-state index in [0.29, 0.717) is 26.7 Å². The maximum absolute atomic E-state index is 12.5. The molecule has 0 aliphatic rings. The van der Waals surface area contributed by atoms with Gasteiger partial charge in [-0.05, 0) is 34.5 Å². The number of aryl methyl sites for hydroxylation is 1. The van der Waals surface area contributed by atoms with Gasteiger partial charge in [0.05, 0.1) is 24.3 Å². The Kier molecular flexibility index (Phi) is 6.35. The molecule has 0 atom stereocenters. The highest BCUT2D eigenvalue weighted by molar-refractivity contribution is 9.10. The van der Waals surface area contributed by atoms with Crippen LogP contribution in [0.2, 0.25) is 0 Å². The first-order chi connectivity index (χ1) is 11.1. The fraction of sp³-hybridized carbons (Fsp3) is 0.400. The average molecular weight is 400 g/mol. The molecular weight excluding hydrogens is 382 g/mol. The monoisotopic (exact) mass is 399 g/mol. The van der Waals surface area contributed by atoms with E-state index in [4.69, 9.17) is 9.47 Å². The van der Waals surface area contributed by atoms with Crippen molar-refractivity contribution in [3.05, 3.63) is 27.2 Å². The number of halogens is 1. The zero-order valence-electron chi connectivity index (χ0n) is 13.2. The molecule has 0 saturated carbocycles. The number of anilines is 1. The van der Waals surface area contributed by atoms with E-state index in [9.17, 15) is 4.79 Å². The summed E-state index contributed by atoms with van der Waals surface area (Å²) in [5.41, 5.74) is 0.365. The number of unbranched alkanes of at least 4 members (excludes halogenated alkanes) is 1. The van der Waals surface area contributed by atoms with E-state index in [1.165, 1.54) is 18.4 Å². The second-order valence-corrected chi connectivity index (χ2v) is 6.67. The summed E-state index contributed by atoms with van der Waals surface area (Å²) in [6.07, 6.45) is 3.02. The van der Waals surface area contributed by atoms with E-state index in [2.05, 4.69) is 38.4 Å². The minimum Gasteiger partial charge on any atom is -0.497 e. The zero-order valence-corrected chi connectivity index (χ0v) is 15.6. The highest BCUT2D eigenvalue weighted by atomic mass is 79.9. The number of carbonyl (C=O) groups excluding carboxylic acids is 1. The van der Waals surface area contributed by atoms with Gasteiger partial charge in [-0.2, -0.15) is 0 Å². The van der Waals surface area contributed by atoms with Crippen molar-refractivity contribution in [1.82, 2.24) is 10.2 Å². The number of hydrogen-bond donors (Lipinski definition) is 1. The van der Waals surface area contributed by atoms with Gasteiger partial charge in [0.2, 0.25) is 5.13 Å². The average Bonchev–Trinajstić information content (AvgIpc) is 2.99. The van der Waals surface area contributed by atoms with Crippen LogP contribution in [0.5, 0.6) is 11.5 Å². The molecule has 2 aromatic rings. The van der Waals surface area contributed by atoms with Crippen LogP contribution in [0, 0.1) is 0 Å². The van der Waals surface area contributed by atoms with Crippen molar-refractivity contribution in [2.24, 2.45) is 0 Å². The molecule has 0 aliphatic heterocycles. The quantitative estimate of drug-likeness (QED) is 0.763. The van der Waals surface area contributed by atoms with Crippen LogP contribution in [0.15, 0.2) is 16.6 Å². The summed E-state index contributed by atoms with van der Waals surface area (Å²) in [7, 11) is 3.05. The number of rotatable bonds is 7. The van der Waals surface area contributed by atoms with E-state index < -0.39 is 0 Å². The largest absolute Gasteiger partial charge is 0.497 e. The highest BCUT2D eigenvalue weighted by Crippen LogP contribution is 2.34.